The number of rotatable bonds is 4. The van der Waals surface area contributed by atoms with E-state index in [1.54, 1.807) is 0 Å². The van der Waals surface area contributed by atoms with Crippen molar-refractivity contribution in [1.29, 1.82) is 0 Å². The lowest BCUT2D eigenvalue weighted by Gasteiger charge is -2.31. The molecule has 0 amide bonds. The SMILES string of the molecule is c1ccc(CC2CCN(Cc3nc4cc[nH+]cc4[nH]3)CC2)cc1. The monoisotopic (exact) mass is 307 g/mol. The van der Waals surface area contributed by atoms with E-state index in [4.69, 9.17) is 0 Å². The highest BCUT2D eigenvalue weighted by atomic mass is 15.2. The molecule has 0 saturated carbocycles. The van der Waals surface area contributed by atoms with E-state index in [-0.39, 0.29) is 0 Å². The second-order valence-electron chi connectivity index (χ2n) is 6.54. The summed E-state index contributed by atoms with van der Waals surface area (Å²) >= 11 is 0. The van der Waals surface area contributed by atoms with E-state index < -0.39 is 0 Å². The maximum Gasteiger partial charge on any atom is 0.193 e. The zero-order chi connectivity index (χ0) is 15.5. The summed E-state index contributed by atoms with van der Waals surface area (Å²) in [5, 5.41) is 0. The quantitative estimate of drug-likeness (QED) is 0.805. The normalized spacial score (nSPS) is 16.9. The van der Waals surface area contributed by atoms with Gasteiger partial charge in [0.05, 0.1) is 6.54 Å². The number of aromatic amines is 2. The summed E-state index contributed by atoms with van der Waals surface area (Å²) in [5.41, 5.74) is 3.60. The van der Waals surface area contributed by atoms with Crippen LogP contribution in [0.25, 0.3) is 11.0 Å². The van der Waals surface area contributed by atoms with Crippen LogP contribution >= 0.6 is 0 Å². The fourth-order valence-corrected chi connectivity index (χ4v) is 3.53. The van der Waals surface area contributed by atoms with Gasteiger partial charge in [-0.25, -0.2) is 9.97 Å². The third kappa shape index (κ3) is 3.42. The summed E-state index contributed by atoms with van der Waals surface area (Å²) in [5.74, 6) is 1.89. The Morgan fingerprint density at radius 1 is 1.13 bits per heavy atom. The van der Waals surface area contributed by atoms with Crippen LogP contribution in [0, 0.1) is 5.92 Å². The molecule has 118 valence electrons. The number of hydrogen-bond acceptors (Lipinski definition) is 2. The van der Waals surface area contributed by atoms with E-state index in [0.717, 1.165) is 29.3 Å². The van der Waals surface area contributed by atoms with Gasteiger partial charge in [0.15, 0.2) is 12.4 Å². The molecule has 4 heteroatoms. The van der Waals surface area contributed by atoms with Crippen molar-refractivity contribution in [2.24, 2.45) is 5.92 Å². The maximum absolute atomic E-state index is 4.68. The number of benzene rings is 1. The van der Waals surface area contributed by atoms with Gasteiger partial charge in [-0.1, -0.05) is 30.3 Å². The van der Waals surface area contributed by atoms with Gasteiger partial charge in [-0.15, -0.1) is 0 Å². The van der Waals surface area contributed by atoms with Gasteiger partial charge in [-0.3, -0.25) is 4.90 Å². The molecule has 0 atom stereocenters. The third-order valence-corrected chi connectivity index (χ3v) is 4.82. The molecule has 1 aliphatic heterocycles. The molecule has 0 radical (unpaired) electrons. The van der Waals surface area contributed by atoms with E-state index in [1.165, 1.54) is 37.9 Å². The number of fused-ring (bicyclic) bond motifs is 1. The zero-order valence-electron chi connectivity index (χ0n) is 13.3. The van der Waals surface area contributed by atoms with E-state index in [9.17, 15) is 0 Å². The van der Waals surface area contributed by atoms with Gasteiger partial charge in [0.25, 0.3) is 0 Å². The number of imidazole rings is 1. The second-order valence-corrected chi connectivity index (χ2v) is 6.54. The van der Waals surface area contributed by atoms with Crippen LogP contribution in [0.3, 0.4) is 0 Å². The van der Waals surface area contributed by atoms with Crippen molar-refractivity contribution < 1.29 is 4.98 Å². The summed E-state index contributed by atoms with van der Waals surface area (Å²) in [6, 6.07) is 12.9. The van der Waals surface area contributed by atoms with Crippen molar-refractivity contribution in [1.82, 2.24) is 14.9 Å². The van der Waals surface area contributed by atoms with Crippen LogP contribution < -0.4 is 4.98 Å². The molecule has 4 rings (SSSR count). The maximum atomic E-state index is 4.68. The van der Waals surface area contributed by atoms with Crippen LogP contribution in [-0.4, -0.2) is 28.0 Å². The van der Waals surface area contributed by atoms with Crippen molar-refractivity contribution in [3.63, 3.8) is 0 Å². The molecule has 0 aliphatic carbocycles. The molecule has 1 saturated heterocycles. The van der Waals surface area contributed by atoms with Gasteiger partial charge >= 0.3 is 0 Å². The number of H-pyrrole nitrogens is 2. The Bertz CT molecular complexity index is 724. The standard InChI is InChI=1S/C19H22N4/c1-2-4-15(5-3-1)12-16-7-10-23(11-8-16)14-19-21-17-6-9-20-13-18(17)22-19/h1-6,9,13,16H,7-8,10-12,14H2,(H,21,22)/p+1. The Hall–Kier alpha value is -2.20. The van der Waals surface area contributed by atoms with E-state index in [2.05, 4.69) is 50.2 Å². The number of aromatic nitrogens is 3. The van der Waals surface area contributed by atoms with Crippen molar-refractivity contribution >= 4 is 11.0 Å². The first-order valence-electron chi connectivity index (χ1n) is 8.48. The summed E-state index contributed by atoms with van der Waals surface area (Å²) in [4.78, 5) is 13.7. The summed E-state index contributed by atoms with van der Waals surface area (Å²) in [6.07, 6.45) is 7.67. The fraction of sp³-hybridized carbons (Fsp3) is 0.368. The smallest absolute Gasteiger partial charge is 0.193 e. The average Bonchev–Trinajstić information content (AvgIpc) is 3.00. The predicted octanol–water partition coefficient (Wildman–Crippen LogP) is 2.83. The molecule has 1 aromatic carbocycles. The summed E-state index contributed by atoms with van der Waals surface area (Å²) in [7, 11) is 0. The second kappa shape index (κ2) is 6.50. The lowest BCUT2D eigenvalue weighted by molar-refractivity contribution is -0.376. The zero-order valence-corrected chi connectivity index (χ0v) is 13.3. The molecule has 1 fully saturated rings. The highest BCUT2D eigenvalue weighted by Crippen LogP contribution is 2.22. The molecule has 1 aliphatic rings. The van der Waals surface area contributed by atoms with Crippen molar-refractivity contribution in [2.75, 3.05) is 13.1 Å². The number of piperidine rings is 1. The van der Waals surface area contributed by atoms with E-state index >= 15 is 0 Å². The highest BCUT2D eigenvalue weighted by molar-refractivity contribution is 5.72. The molecule has 2 N–H and O–H groups in total. The predicted molar refractivity (Wildman–Crippen MR) is 90.8 cm³/mol. The Balaban J connectivity index is 1.32. The first kappa shape index (κ1) is 14.4. The Kier molecular flexibility index (Phi) is 4.07. The molecular formula is C19H23N4+. The average molecular weight is 307 g/mol. The van der Waals surface area contributed by atoms with Crippen molar-refractivity contribution in [2.45, 2.75) is 25.8 Å². The first-order chi connectivity index (χ1) is 11.4. The summed E-state index contributed by atoms with van der Waals surface area (Å²) < 4.78 is 0. The minimum Gasteiger partial charge on any atom is -0.336 e. The van der Waals surface area contributed by atoms with Crippen molar-refractivity contribution in [3.8, 4) is 0 Å². The Morgan fingerprint density at radius 3 is 2.74 bits per heavy atom. The Morgan fingerprint density at radius 2 is 1.96 bits per heavy atom. The number of nitrogens with zero attached hydrogens (tertiary/aromatic N) is 2. The molecular weight excluding hydrogens is 284 g/mol. The van der Waals surface area contributed by atoms with Crippen LogP contribution in [0.15, 0.2) is 48.8 Å². The van der Waals surface area contributed by atoms with E-state index in [1.807, 2.05) is 18.5 Å². The topological polar surface area (TPSA) is 46.1 Å². The molecule has 0 spiro atoms. The van der Waals surface area contributed by atoms with Gasteiger partial charge < -0.3 is 4.98 Å². The molecule has 23 heavy (non-hydrogen) atoms. The number of pyridine rings is 1. The minimum atomic E-state index is 0.818. The van der Waals surface area contributed by atoms with Gasteiger partial charge in [-0.2, -0.15) is 0 Å². The van der Waals surface area contributed by atoms with E-state index in [0.29, 0.717) is 0 Å². The minimum absolute atomic E-state index is 0.818. The number of nitrogens with one attached hydrogen (secondary N) is 2. The fourth-order valence-electron chi connectivity index (χ4n) is 3.53. The van der Waals surface area contributed by atoms with Gasteiger partial charge in [-0.05, 0) is 43.8 Å². The molecule has 3 aromatic rings. The molecule has 3 heterocycles. The molecule has 0 bridgehead atoms. The lowest BCUT2D eigenvalue weighted by Crippen LogP contribution is -2.34. The number of hydrogen-bond donors (Lipinski definition) is 1. The van der Waals surface area contributed by atoms with Gasteiger partial charge in [0.1, 0.15) is 16.9 Å². The van der Waals surface area contributed by atoms with Gasteiger partial charge in [0.2, 0.25) is 0 Å². The van der Waals surface area contributed by atoms with Crippen LogP contribution in [-0.2, 0) is 13.0 Å². The highest BCUT2D eigenvalue weighted by Gasteiger charge is 2.20. The molecule has 4 nitrogen and oxygen atoms in total. The number of likely N-dealkylation sites (tertiary alicyclic amines) is 1. The first-order valence-corrected chi connectivity index (χ1v) is 8.48. The van der Waals surface area contributed by atoms with Crippen LogP contribution in [0.5, 0.6) is 0 Å². The lowest BCUT2D eigenvalue weighted by atomic mass is 9.90. The molecule has 2 aromatic heterocycles. The van der Waals surface area contributed by atoms with Crippen LogP contribution in [0.1, 0.15) is 24.2 Å². The summed E-state index contributed by atoms with van der Waals surface area (Å²) in [6.45, 7) is 3.26. The van der Waals surface area contributed by atoms with Crippen molar-refractivity contribution in [3.05, 3.63) is 60.2 Å². The largest absolute Gasteiger partial charge is 0.336 e. The third-order valence-electron chi connectivity index (χ3n) is 4.82. The Labute approximate surface area is 136 Å². The van der Waals surface area contributed by atoms with Gasteiger partial charge in [0, 0.05) is 6.07 Å². The molecule has 0 unspecified atom stereocenters. The van der Waals surface area contributed by atoms with Crippen LogP contribution in [0.2, 0.25) is 0 Å². The van der Waals surface area contributed by atoms with Crippen LogP contribution in [0.4, 0.5) is 0 Å².